The van der Waals surface area contributed by atoms with Crippen LogP contribution in [0.15, 0.2) is 12.1 Å². The summed E-state index contributed by atoms with van der Waals surface area (Å²) >= 11 is 6.02. The molecule has 0 saturated carbocycles. The largest absolute Gasteiger partial charge is 0.495 e. The van der Waals surface area contributed by atoms with Gasteiger partial charge in [-0.2, -0.15) is 0 Å². The number of anilines is 1. The first-order valence-corrected chi connectivity index (χ1v) is 8.04. The van der Waals surface area contributed by atoms with E-state index in [9.17, 15) is 14.4 Å². The quantitative estimate of drug-likeness (QED) is 0.596. The highest BCUT2D eigenvalue weighted by Crippen LogP contribution is 2.35. The zero-order chi connectivity index (χ0) is 18.4. The third kappa shape index (κ3) is 4.76. The van der Waals surface area contributed by atoms with Gasteiger partial charge in [-0.1, -0.05) is 11.6 Å². The van der Waals surface area contributed by atoms with E-state index in [0.29, 0.717) is 48.4 Å². The Kier molecular flexibility index (Phi) is 6.46. The van der Waals surface area contributed by atoms with E-state index in [0.717, 1.165) is 6.41 Å². The molecule has 2 rings (SSSR count). The van der Waals surface area contributed by atoms with Crippen LogP contribution >= 0.6 is 11.6 Å². The van der Waals surface area contributed by atoms with Crippen LogP contribution in [-0.2, 0) is 14.4 Å². The van der Waals surface area contributed by atoms with Crippen molar-refractivity contribution in [1.82, 2.24) is 9.80 Å². The van der Waals surface area contributed by atoms with Gasteiger partial charge >= 0.3 is 0 Å². The van der Waals surface area contributed by atoms with Crippen LogP contribution in [0.1, 0.15) is 6.42 Å². The maximum atomic E-state index is 12.2. The summed E-state index contributed by atoms with van der Waals surface area (Å²) in [6, 6.07) is 3.06. The summed E-state index contributed by atoms with van der Waals surface area (Å²) in [5, 5.41) is 2.99. The van der Waals surface area contributed by atoms with Crippen LogP contribution in [0, 0.1) is 0 Å². The minimum atomic E-state index is -0.467. The summed E-state index contributed by atoms with van der Waals surface area (Å²) in [7, 11) is 2.91. The van der Waals surface area contributed by atoms with Crippen molar-refractivity contribution in [3.63, 3.8) is 0 Å². The third-order valence-electron chi connectivity index (χ3n) is 3.88. The summed E-state index contributed by atoms with van der Waals surface area (Å²) in [6.45, 7) is 1.78. The van der Waals surface area contributed by atoms with E-state index in [-0.39, 0.29) is 12.3 Å². The van der Waals surface area contributed by atoms with E-state index in [1.165, 1.54) is 26.4 Å². The normalized spacial score (nSPS) is 14.0. The zero-order valence-corrected chi connectivity index (χ0v) is 14.8. The SMILES string of the molecule is COc1cc(NC(=O)CC(=O)N2CCN(C=O)CC2)c(OC)cc1Cl. The van der Waals surface area contributed by atoms with Gasteiger partial charge in [-0.05, 0) is 0 Å². The molecule has 0 spiro atoms. The molecule has 3 amide bonds. The zero-order valence-electron chi connectivity index (χ0n) is 14.1. The van der Waals surface area contributed by atoms with E-state index in [4.69, 9.17) is 21.1 Å². The standard InChI is InChI=1S/C16H20ClN3O5/c1-24-13-8-12(14(25-2)7-11(13)17)18-15(22)9-16(23)20-5-3-19(10-21)4-6-20/h7-8,10H,3-6,9H2,1-2H3,(H,18,22). The highest BCUT2D eigenvalue weighted by atomic mass is 35.5. The Labute approximate surface area is 150 Å². The lowest BCUT2D eigenvalue weighted by molar-refractivity contribution is -0.137. The number of halogens is 1. The summed E-state index contributed by atoms with van der Waals surface area (Å²) in [5.41, 5.74) is 0.368. The van der Waals surface area contributed by atoms with Crippen LogP contribution in [0.5, 0.6) is 11.5 Å². The van der Waals surface area contributed by atoms with Crippen LogP contribution in [0.25, 0.3) is 0 Å². The van der Waals surface area contributed by atoms with E-state index < -0.39 is 5.91 Å². The minimum absolute atomic E-state index is 0.289. The molecule has 1 aromatic carbocycles. The van der Waals surface area contributed by atoms with Gasteiger partial charge in [-0.3, -0.25) is 14.4 Å². The first-order chi connectivity index (χ1) is 12.0. The molecule has 0 radical (unpaired) electrons. The molecule has 9 heteroatoms. The first-order valence-electron chi connectivity index (χ1n) is 7.67. The average Bonchev–Trinajstić information content (AvgIpc) is 2.62. The number of nitrogens with zero attached hydrogens (tertiary/aromatic N) is 2. The van der Waals surface area contributed by atoms with Crippen molar-refractivity contribution >= 4 is 35.5 Å². The topological polar surface area (TPSA) is 88.2 Å². The maximum Gasteiger partial charge on any atom is 0.233 e. The van der Waals surface area contributed by atoms with Crippen LogP contribution in [0.3, 0.4) is 0 Å². The van der Waals surface area contributed by atoms with Crippen LogP contribution in [0.2, 0.25) is 5.02 Å². The lowest BCUT2D eigenvalue weighted by Crippen LogP contribution is -2.48. The second kappa shape index (κ2) is 8.57. The number of carbonyl (C=O) groups is 3. The molecule has 1 heterocycles. The molecule has 1 aliphatic rings. The number of hydrogen-bond donors (Lipinski definition) is 1. The second-order valence-electron chi connectivity index (χ2n) is 5.43. The molecule has 0 bridgehead atoms. The molecule has 136 valence electrons. The molecular weight excluding hydrogens is 350 g/mol. The van der Waals surface area contributed by atoms with Crippen molar-refractivity contribution in [1.29, 1.82) is 0 Å². The van der Waals surface area contributed by atoms with Gasteiger partial charge in [-0.25, -0.2) is 0 Å². The maximum absolute atomic E-state index is 12.2. The van der Waals surface area contributed by atoms with Crippen molar-refractivity contribution in [2.45, 2.75) is 6.42 Å². The Morgan fingerprint density at radius 3 is 2.36 bits per heavy atom. The number of hydrogen-bond acceptors (Lipinski definition) is 5. The predicted octanol–water partition coefficient (Wildman–Crippen LogP) is 0.986. The van der Waals surface area contributed by atoms with Crippen molar-refractivity contribution in [3.8, 4) is 11.5 Å². The van der Waals surface area contributed by atoms with Crippen molar-refractivity contribution in [2.24, 2.45) is 0 Å². The van der Waals surface area contributed by atoms with Gasteiger partial charge in [0.1, 0.15) is 17.9 Å². The number of ether oxygens (including phenoxy) is 2. The molecular formula is C16H20ClN3O5. The molecule has 1 fully saturated rings. The van der Waals surface area contributed by atoms with Crippen LogP contribution in [0.4, 0.5) is 5.69 Å². The monoisotopic (exact) mass is 369 g/mol. The fraction of sp³-hybridized carbons (Fsp3) is 0.438. The Balaban J connectivity index is 1.98. The fourth-order valence-corrected chi connectivity index (χ4v) is 2.71. The molecule has 1 N–H and O–H groups in total. The smallest absolute Gasteiger partial charge is 0.233 e. The molecule has 1 aliphatic heterocycles. The Morgan fingerprint density at radius 1 is 1.16 bits per heavy atom. The van der Waals surface area contributed by atoms with Gasteiger partial charge in [0.05, 0.1) is 24.9 Å². The first kappa shape index (κ1) is 18.9. The van der Waals surface area contributed by atoms with Gasteiger partial charge < -0.3 is 24.6 Å². The minimum Gasteiger partial charge on any atom is -0.495 e. The Hall–Kier alpha value is -2.48. The fourth-order valence-electron chi connectivity index (χ4n) is 2.48. The van der Waals surface area contributed by atoms with Gasteiger partial charge in [0.15, 0.2) is 0 Å². The summed E-state index contributed by atoms with van der Waals surface area (Å²) < 4.78 is 10.3. The molecule has 8 nitrogen and oxygen atoms in total. The second-order valence-corrected chi connectivity index (χ2v) is 5.84. The van der Waals surface area contributed by atoms with E-state index in [2.05, 4.69) is 5.32 Å². The van der Waals surface area contributed by atoms with Gasteiger partial charge in [0.2, 0.25) is 18.2 Å². The summed E-state index contributed by atoms with van der Waals surface area (Å²) in [6.07, 6.45) is 0.462. The molecule has 0 aliphatic carbocycles. The highest BCUT2D eigenvalue weighted by molar-refractivity contribution is 6.32. The van der Waals surface area contributed by atoms with Gasteiger partial charge in [0, 0.05) is 38.3 Å². The molecule has 1 aromatic rings. The van der Waals surface area contributed by atoms with Crippen molar-refractivity contribution in [3.05, 3.63) is 17.2 Å². The summed E-state index contributed by atoms with van der Waals surface area (Å²) in [4.78, 5) is 38.2. The summed E-state index contributed by atoms with van der Waals surface area (Å²) in [5.74, 6) is -0.00582. The number of nitrogens with one attached hydrogen (secondary N) is 1. The highest BCUT2D eigenvalue weighted by Gasteiger charge is 2.22. The molecule has 1 saturated heterocycles. The predicted molar refractivity (Wildman–Crippen MR) is 92.0 cm³/mol. The lowest BCUT2D eigenvalue weighted by atomic mass is 10.2. The number of piperazine rings is 1. The average molecular weight is 370 g/mol. The number of rotatable bonds is 6. The molecule has 0 aromatic heterocycles. The van der Waals surface area contributed by atoms with Gasteiger partial charge in [-0.15, -0.1) is 0 Å². The van der Waals surface area contributed by atoms with E-state index in [1.54, 1.807) is 9.80 Å². The molecule has 0 unspecified atom stereocenters. The lowest BCUT2D eigenvalue weighted by Gasteiger charge is -2.32. The Morgan fingerprint density at radius 2 is 1.80 bits per heavy atom. The van der Waals surface area contributed by atoms with Crippen LogP contribution < -0.4 is 14.8 Å². The Bertz CT molecular complexity index is 659. The van der Waals surface area contributed by atoms with Crippen molar-refractivity contribution in [2.75, 3.05) is 45.7 Å². The van der Waals surface area contributed by atoms with Gasteiger partial charge in [0.25, 0.3) is 0 Å². The number of amides is 3. The van der Waals surface area contributed by atoms with Crippen molar-refractivity contribution < 1.29 is 23.9 Å². The van der Waals surface area contributed by atoms with Crippen LogP contribution in [-0.4, -0.2) is 68.4 Å². The number of carbonyl (C=O) groups excluding carboxylic acids is 3. The van der Waals surface area contributed by atoms with E-state index >= 15 is 0 Å². The third-order valence-corrected chi connectivity index (χ3v) is 4.17. The number of methoxy groups -OCH3 is 2. The molecule has 0 atom stereocenters. The van der Waals surface area contributed by atoms with E-state index in [1.807, 2.05) is 0 Å². The molecule has 25 heavy (non-hydrogen) atoms. The number of benzene rings is 1.